The van der Waals surface area contributed by atoms with E-state index in [1.165, 1.54) is 5.57 Å². The lowest BCUT2D eigenvalue weighted by Crippen LogP contribution is -2.02. The van der Waals surface area contributed by atoms with Gasteiger partial charge in [-0.25, -0.2) is 0 Å². The van der Waals surface area contributed by atoms with Crippen LogP contribution in [0, 0.1) is 0 Å². The normalized spacial score (nSPS) is 22.9. The van der Waals surface area contributed by atoms with Crippen molar-refractivity contribution in [1.82, 2.24) is 0 Å². The minimum absolute atomic E-state index is 0.136. The molecule has 1 heterocycles. The van der Waals surface area contributed by atoms with Gasteiger partial charge in [-0.1, -0.05) is 36.5 Å². The van der Waals surface area contributed by atoms with Crippen LogP contribution in [0.25, 0.3) is 0 Å². The molecule has 0 N–H and O–H groups in total. The van der Waals surface area contributed by atoms with Crippen molar-refractivity contribution >= 4 is 0 Å². The smallest absolute Gasteiger partial charge is 0.0892 e. The number of hydrogen-bond acceptors (Lipinski definition) is 1. The molecule has 1 nitrogen and oxygen atoms in total. The molecule has 0 aromatic carbocycles. The molecule has 1 fully saturated rings. The summed E-state index contributed by atoms with van der Waals surface area (Å²) >= 11 is 0. The summed E-state index contributed by atoms with van der Waals surface area (Å²) in [4.78, 5) is 0. The number of allylic oxidation sites excluding steroid dienone is 4. The third kappa shape index (κ3) is 4.36. The number of ether oxygens (including phenoxy) is 1. The fraction of sp³-hybridized carbons (Fsp3) is 0.600. The van der Waals surface area contributed by atoms with Crippen LogP contribution in [0.5, 0.6) is 0 Å². The molecule has 0 amide bonds. The van der Waals surface area contributed by atoms with Gasteiger partial charge in [-0.3, -0.25) is 0 Å². The van der Waals surface area contributed by atoms with Gasteiger partial charge in [-0.05, 0) is 46.5 Å². The monoisotopic (exact) mass is 220 g/mol. The predicted octanol–water partition coefficient (Wildman–Crippen LogP) is 4.41. The Balaban J connectivity index is 2.14. The van der Waals surface area contributed by atoms with E-state index in [1.807, 2.05) is 6.08 Å². The van der Waals surface area contributed by atoms with E-state index < -0.39 is 0 Å². The van der Waals surface area contributed by atoms with Gasteiger partial charge in [0.05, 0.1) is 11.7 Å². The predicted molar refractivity (Wildman–Crippen MR) is 70.5 cm³/mol. The van der Waals surface area contributed by atoms with Gasteiger partial charge in [0.2, 0.25) is 0 Å². The summed E-state index contributed by atoms with van der Waals surface area (Å²) in [5.74, 6) is 0. The first-order valence-corrected chi connectivity index (χ1v) is 6.09. The van der Waals surface area contributed by atoms with Crippen LogP contribution in [-0.4, -0.2) is 11.7 Å². The molecular weight excluding hydrogens is 196 g/mol. The van der Waals surface area contributed by atoms with Gasteiger partial charge < -0.3 is 4.74 Å². The highest BCUT2D eigenvalue weighted by Gasteiger charge is 2.46. The fourth-order valence-electron chi connectivity index (χ4n) is 1.81. The van der Waals surface area contributed by atoms with E-state index in [1.54, 1.807) is 0 Å². The standard InChI is InChI=1S/C15H24O/c1-6-12(2)8-7-9-13(3)10-11-14-15(4,5)16-14/h6,9,14H,1-2,7-8,10-11H2,3-5H3/b13-9+. The zero-order chi connectivity index (χ0) is 12.2. The van der Waals surface area contributed by atoms with Crippen molar-refractivity contribution in [1.29, 1.82) is 0 Å². The molecule has 1 heteroatoms. The number of rotatable bonds is 7. The summed E-state index contributed by atoms with van der Waals surface area (Å²) in [5, 5.41) is 0. The topological polar surface area (TPSA) is 12.5 Å². The van der Waals surface area contributed by atoms with Crippen LogP contribution in [0.15, 0.2) is 36.5 Å². The van der Waals surface area contributed by atoms with Crippen LogP contribution in [0.1, 0.15) is 46.5 Å². The van der Waals surface area contributed by atoms with E-state index in [9.17, 15) is 0 Å². The quantitative estimate of drug-likeness (QED) is 0.351. The molecule has 0 spiro atoms. The fourth-order valence-corrected chi connectivity index (χ4v) is 1.81. The lowest BCUT2D eigenvalue weighted by Gasteiger charge is -2.01. The van der Waals surface area contributed by atoms with Crippen molar-refractivity contribution in [2.75, 3.05) is 0 Å². The largest absolute Gasteiger partial charge is 0.367 e. The van der Waals surface area contributed by atoms with Crippen molar-refractivity contribution in [3.63, 3.8) is 0 Å². The highest BCUT2D eigenvalue weighted by atomic mass is 16.6. The zero-order valence-corrected chi connectivity index (χ0v) is 10.9. The second-order valence-electron chi connectivity index (χ2n) is 5.20. The second kappa shape index (κ2) is 5.49. The Morgan fingerprint density at radius 2 is 2.00 bits per heavy atom. The van der Waals surface area contributed by atoms with Gasteiger partial charge in [0.15, 0.2) is 0 Å². The average Bonchev–Trinajstić information content (AvgIpc) is 2.83. The van der Waals surface area contributed by atoms with E-state index >= 15 is 0 Å². The first-order chi connectivity index (χ1) is 7.45. The Kier molecular flexibility index (Phi) is 4.55. The second-order valence-corrected chi connectivity index (χ2v) is 5.20. The van der Waals surface area contributed by atoms with Gasteiger partial charge >= 0.3 is 0 Å². The van der Waals surface area contributed by atoms with Gasteiger partial charge in [0.1, 0.15) is 0 Å². The molecule has 1 atom stereocenters. The maximum Gasteiger partial charge on any atom is 0.0892 e. The van der Waals surface area contributed by atoms with Crippen molar-refractivity contribution in [2.45, 2.75) is 58.2 Å². The summed E-state index contributed by atoms with van der Waals surface area (Å²) in [6.07, 6.45) is 9.01. The first kappa shape index (κ1) is 13.2. The molecule has 90 valence electrons. The van der Waals surface area contributed by atoms with Crippen LogP contribution in [0.3, 0.4) is 0 Å². The first-order valence-electron chi connectivity index (χ1n) is 6.09. The van der Waals surface area contributed by atoms with E-state index in [0.717, 1.165) is 31.3 Å². The van der Waals surface area contributed by atoms with Crippen LogP contribution in [0.2, 0.25) is 0 Å². The van der Waals surface area contributed by atoms with E-state index in [4.69, 9.17) is 4.74 Å². The molecule has 1 aliphatic rings. The molecule has 1 unspecified atom stereocenters. The van der Waals surface area contributed by atoms with Gasteiger partial charge in [-0.2, -0.15) is 0 Å². The molecule has 1 saturated heterocycles. The molecule has 0 aromatic heterocycles. The van der Waals surface area contributed by atoms with Crippen molar-refractivity contribution < 1.29 is 4.74 Å². The summed E-state index contributed by atoms with van der Waals surface area (Å²) in [5.41, 5.74) is 2.72. The van der Waals surface area contributed by atoms with Gasteiger partial charge in [0, 0.05) is 0 Å². The minimum Gasteiger partial charge on any atom is -0.367 e. The molecule has 0 aliphatic carbocycles. The maximum absolute atomic E-state index is 5.56. The molecule has 16 heavy (non-hydrogen) atoms. The molecule has 0 radical (unpaired) electrons. The lowest BCUT2D eigenvalue weighted by molar-refractivity contribution is 0.320. The number of epoxide rings is 1. The van der Waals surface area contributed by atoms with Crippen LogP contribution in [-0.2, 0) is 4.74 Å². The van der Waals surface area contributed by atoms with Crippen LogP contribution in [0.4, 0.5) is 0 Å². The van der Waals surface area contributed by atoms with Crippen LogP contribution < -0.4 is 0 Å². The SMILES string of the molecule is C=CC(=C)CC/C=C(\C)CCC1OC1(C)C. The third-order valence-electron chi connectivity index (χ3n) is 3.21. The Morgan fingerprint density at radius 1 is 1.38 bits per heavy atom. The average molecular weight is 220 g/mol. The van der Waals surface area contributed by atoms with Crippen LogP contribution >= 0.6 is 0 Å². The lowest BCUT2D eigenvalue weighted by atomic mass is 10.0. The van der Waals surface area contributed by atoms with Crippen molar-refractivity contribution in [3.8, 4) is 0 Å². The minimum atomic E-state index is 0.136. The van der Waals surface area contributed by atoms with E-state index in [0.29, 0.717) is 6.10 Å². The Hall–Kier alpha value is -0.820. The molecule has 1 aliphatic heterocycles. The summed E-state index contributed by atoms with van der Waals surface area (Å²) in [7, 11) is 0. The summed E-state index contributed by atoms with van der Waals surface area (Å²) in [6.45, 7) is 14.1. The summed E-state index contributed by atoms with van der Waals surface area (Å²) in [6, 6.07) is 0. The van der Waals surface area contributed by atoms with E-state index in [2.05, 4.69) is 40.0 Å². The van der Waals surface area contributed by atoms with Crippen molar-refractivity contribution in [2.24, 2.45) is 0 Å². The molecule has 1 rings (SSSR count). The summed E-state index contributed by atoms with van der Waals surface area (Å²) < 4.78 is 5.56. The third-order valence-corrected chi connectivity index (χ3v) is 3.21. The zero-order valence-electron chi connectivity index (χ0n) is 10.9. The van der Waals surface area contributed by atoms with E-state index in [-0.39, 0.29) is 5.60 Å². The molecular formula is C15H24O. The maximum atomic E-state index is 5.56. The highest BCUT2D eigenvalue weighted by Crippen LogP contribution is 2.38. The Bertz CT molecular complexity index is 297. The van der Waals surface area contributed by atoms with Gasteiger partial charge in [-0.15, -0.1) is 0 Å². The number of hydrogen-bond donors (Lipinski definition) is 0. The molecule has 0 bridgehead atoms. The Morgan fingerprint density at radius 3 is 2.50 bits per heavy atom. The molecule has 0 aromatic rings. The molecule has 0 saturated carbocycles. The Labute approximate surface area is 99.9 Å². The van der Waals surface area contributed by atoms with Gasteiger partial charge in [0.25, 0.3) is 0 Å². The highest BCUT2D eigenvalue weighted by molar-refractivity contribution is 5.12. The van der Waals surface area contributed by atoms with Crippen molar-refractivity contribution in [3.05, 3.63) is 36.5 Å².